The maximum atomic E-state index is 12.7. The summed E-state index contributed by atoms with van der Waals surface area (Å²) in [7, 11) is 0. The van der Waals surface area contributed by atoms with Crippen LogP contribution in [-0.4, -0.2) is 29.9 Å². The minimum atomic E-state index is -0.272. The van der Waals surface area contributed by atoms with Gasteiger partial charge in [-0.05, 0) is 48.9 Å². The van der Waals surface area contributed by atoms with Crippen LogP contribution >= 0.6 is 0 Å². The number of hydrogen-bond acceptors (Lipinski definition) is 4. The standard InChI is InChI=1S/C23H21N3O3/c1-16-9-10-17(14-18(16)19-6-4-5-12-24-19)25-22(27)15-26-20-7-2-3-8-21(20)29-13-11-23(26)28/h2-10,12,14H,11,13,15H2,1H3,(H,25,27). The number of benzene rings is 2. The van der Waals surface area contributed by atoms with E-state index in [9.17, 15) is 9.59 Å². The monoisotopic (exact) mass is 387 g/mol. The Morgan fingerprint density at radius 1 is 1.14 bits per heavy atom. The first kappa shape index (κ1) is 18.7. The highest BCUT2D eigenvalue weighted by atomic mass is 16.5. The number of amides is 2. The third-order valence-corrected chi connectivity index (χ3v) is 4.79. The molecule has 4 rings (SSSR count). The fraction of sp³-hybridized carbons (Fsp3) is 0.174. The third-order valence-electron chi connectivity index (χ3n) is 4.79. The number of anilines is 2. The van der Waals surface area contributed by atoms with Gasteiger partial charge >= 0.3 is 0 Å². The lowest BCUT2D eigenvalue weighted by Gasteiger charge is -2.21. The van der Waals surface area contributed by atoms with Gasteiger partial charge in [0, 0.05) is 17.4 Å². The van der Waals surface area contributed by atoms with Crippen LogP contribution in [0.15, 0.2) is 66.9 Å². The number of aryl methyl sites for hydroxylation is 1. The molecule has 6 nitrogen and oxygen atoms in total. The van der Waals surface area contributed by atoms with E-state index in [1.54, 1.807) is 18.3 Å². The van der Waals surface area contributed by atoms with E-state index in [-0.39, 0.29) is 24.8 Å². The maximum absolute atomic E-state index is 12.7. The molecule has 3 aromatic rings. The summed E-state index contributed by atoms with van der Waals surface area (Å²) in [5, 5.41) is 2.90. The highest BCUT2D eigenvalue weighted by molar-refractivity contribution is 6.04. The molecular formula is C23H21N3O3. The van der Waals surface area contributed by atoms with Crippen LogP contribution in [0.5, 0.6) is 5.75 Å². The molecule has 0 saturated carbocycles. The fourth-order valence-electron chi connectivity index (χ4n) is 3.34. The lowest BCUT2D eigenvalue weighted by atomic mass is 10.0. The molecule has 0 unspecified atom stereocenters. The number of nitrogens with one attached hydrogen (secondary N) is 1. The Bertz CT molecular complexity index is 1050. The molecule has 0 saturated heterocycles. The second-order valence-electron chi connectivity index (χ2n) is 6.84. The van der Waals surface area contributed by atoms with Crippen molar-refractivity contribution in [2.75, 3.05) is 23.4 Å². The smallest absolute Gasteiger partial charge is 0.244 e. The van der Waals surface area contributed by atoms with Gasteiger partial charge in [-0.25, -0.2) is 0 Å². The quantitative estimate of drug-likeness (QED) is 0.739. The van der Waals surface area contributed by atoms with E-state index < -0.39 is 0 Å². The predicted molar refractivity (Wildman–Crippen MR) is 112 cm³/mol. The van der Waals surface area contributed by atoms with E-state index in [0.29, 0.717) is 23.7 Å². The Morgan fingerprint density at radius 2 is 1.97 bits per heavy atom. The number of para-hydroxylation sites is 2. The number of fused-ring (bicyclic) bond motifs is 1. The number of carbonyl (C=O) groups is 2. The highest BCUT2D eigenvalue weighted by Crippen LogP contribution is 2.31. The topological polar surface area (TPSA) is 71.5 Å². The molecule has 146 valence electrons. The van der Waals surface area contributed by atoms with Gasteiger partial charge < -0.3 is 10.1 Å². The first-order valence-corrected chi connectivity index (χ1v) is 9.46. The Balaban J connectivity index is 1.54. The molecule has 0 spiro atoms. The van der Waals surface area contributed by atoms with Crippen molar-refractivity contribution in [3.8, 4) is 17.0 Å². The zero-order valence-electron chi connectivity index (χ0n) is 16.1. The number of rotatable bonds is 4. The van der Waals surface area contributed by atoms with Gasteiger partial charge in [0.15, 0.2) is 0 Å². The van der Waals surface area contributed by atoms with Gasteiger partial charge in [-0.3, -0.25) is 19.5 Å². The summed E-state index contributed by atoms with van der Waals surface area (Å²) in [6.07, 6.45) is 1.97. The van der Waals surface area contributed by atoms with Crippen LogP contribution in [0.4, 0.5) is 11.4 Å². The van der Waals surface area contributed by atoms with Crippen molar-refractivity contribution in [3.63, 3.8) is 0 Å². The fourth-order valence-corrected chi connectivity index (χ4v) is 3.34. The van der Waals surface area contributed by atoms with Crippen molar-refractivity contribution in [3.05, 3.63) is 72.4 Å². The molecule has 29 heavy (non-hydrogen) atoms. The van der Waals surface area contributed by atoms with Crippen molar-refractivity contribution in [2.24, 2.45) is 0 Å². The predicted octanol–water partition coefficient (Wildman–Crippen LogP) is 3.81. The summed E-state index contributed by atoms with van der Waals surface area (Å²) in [5.41, 5.74) is 4.13. The van der Waals surface area contributed by atoms with E-state index in [0.717, 1.165) is 16.8 Å². The average molecular weight is 387 g/mol. The van der Waals surface area contributed by atoms with Crippen molar-refractivity contribution < 1.29 is 14.3 Å². The van der Waals surface area contributed by atoms with Gasteiger partial charge in [0.05, 0.1) is 24.4 Å². The van der Waals surface area contributed by atoms with E-state index in [1.807, 2.05) is 55.5 Å². The summed E-state index contributed by atoms with van der Waals surface area (Å²) in [4.78, 5) is 31.1. The SMILES string of the molecule is Cc1ccc(NC(=O)CN2C(=O)CCOc3ccccc32)cc1-c1ccccn1. The molecule has 1 aliphatic heterocycles. The summed E-state index contributed by atoms with van der Waals surface area (Å²) >= 11 is 0. The zero-order chi connectivity index (χ0) is 20.2. The summed E-state index contributed by atoms with van der Waals surface area (Å²) in [5.74, 6) is 0.202. The van der Waals surface area contributed by atoms with E-state index in [1.165, 1.54) is 4.90 Å². The lowest BCUT2D eigenvalue weighted by molar-refractivity contribution is -0.121. The summed E-state index contributed by atoms with van der Waals surface area (Å²) in [6.45, 7) is 2.23. The van der Waals surface area contributed by atoms with Gasteiger partial charge in [-0.1, -0.05) is 24.3 Å². The maximum Gasteiger partial charge on any atom is 0.244 e. The van der Waals surface area contributed by atoms with Gasteiger partial charge in [0.25, 0.3) is 0 Å². The van der Waals surface area contributed by atoms with Gasteiger partial charge in [0.1, 0.15) is 12.3 Å². The van der Waals surface area contributed by atoms with Gasteiger partial charge in [0.2, 0.25) is 11.8 Å². The first-order chi connectivity index (χ1) is 14.1. The van der Waals surface area contributed by atoms with E-state index >= 15 is 0 Å². The molecule has 2 amide bonds. The Kier molecular flexibility index (Phi) is 5.24. The minimum Gasteiger partial charge on any atom is -0.491 e. The number of hydrogen-bond donors (Lipinski definition) is 1. The zero-order valence-corrected chi connectivity index (χ0v) is 16.1. The highest BCUT2D eigenvalue weighted by Gasteiger charge is 2.25. The third kappa shape index (κ3) is 4.11. The van der Waals surface area contributed by atoms with Crippen molar-refractivity contribution >= 4 is 23.2 Å². The molecule has 0 radical (unpaired) electrons. The molecule has 2 aromatic carbocycles. The molecule has 1 aromatic heterocycles. The summed E-state index contributed by atoms with van der Waals surface area (Å²) in [6, 6.07) is 18.7. The first-order valence-electron chi connectivity index (χ1n) is 9.46. The number of carbonyl (C=O) groups excluding carboxylic acids is 2. The molecule has 0 aliphatic carbocycles. The Labute approximate surface area is 169 Å². The van der Waals surface area contributed by atoms with Crippen molar-refractivity contribution in [2.45, 2.75) is 13.3 Å². The number of aromatic nitrogens is 1. The van der Waals surface area contributed by atoms with Crippen LogP contribution in [0, 0.1) is 6.92 Å². The molecule has 1 aliphatic rings. The second-order valence-corrected chi connectivity index (χ2v) is 6.84. The molecule has 0 atom stereocenters. The molecule has 1 N–H and O–H groups in total. The van der Waals surface area contributed by atoms with Crippen LogP contribution in [0.3, 0.4) is 0 Å². The van der Waals surface area contributed by atoms with Crippen LogP contribution in [-0.2, 0) is 9.59 Å². The largest absolute Gasteiger partial charge is 0.491 e. The normalized spacial score (nSPS) is 13.3. The molecule has 6 heteroatoms. The lowest BCUT2D eigenvalue weighted by Crippen LogP contribution is -2.37. The van der Waals surface area contributed by atoms with Gasteiger partial charge in [-0.2, -0.15) is 0 Å². The Hall–Kier alpha value is -3.67. The van der Waals surface area contributed by atoms with Crippen molar-refractivity contribution in [1.82, 2.24) is 4.98 Å². The van der Waals surface area contributed by atoms with Gasteiger partial charge in [-0.15, -0.1) is 0 Å². The van der Waals surface area contributed by atoms with Crippen LogP contribution in [0.2, 0.25) is 0 Å². The summed E-state index contributed by atoms with van der Waals surface area (Å²) < 4.78 is 5.63. The number of nitrogens with zero attached hydrogens (tertiary/aromatic N) is 2. The van der Waals surface area contributed by atoms with Crippen molar-refractivity contribution in [1.29, 1.82) is 0 Å². The number of ether oxygens (including phenoxy) is 1. The number of pyridine rings is 1. The molecule has 0 bridgehead atoms. The van der Waals surface area contributed by atoms with E-state index in [4.69, 9.17) is 4.74 Å². The van der Waals surface area contributed by atoms with Crippen LogP contribution < -0.4 is 15.0 Å². The second kappa shape index (κ2) is 8.14. The molecular weight excluding hydrogens is 366 g/mol. The molecule has 2 heterocycles. The minimum absolute atomic E-state index is 0.0774. The molecule has 0 fully saturated rings. The van der Waals surface area contributed by atoms with Crippen LogP contribution in [0.1, 0.15) is 12.0 Å². The van der Waals surface area contributed by atoms with Crippen LogP contribution in [0.25, 0.3) is 11.3 Å². The Morgan fingerprint density at radius 3 is 2.79 bits per heavy atom. The average Bonchev–Trinajstić information content (AvgIpc) is 2.89. The van der Waals surface area contributed by atoms with E-state index in [2.05, 4.69) is 10.3 Å².